The third kappa shape index (κ3) is 5.04. The van der Waals surface area contributed by atoms with Crippen molar-refractivity contribution in [1.29, 1.82) is 0 Å². The lowest BCUT2D eigenvalue weighted by Crippen LogP contribution is -2.43. The Morgan fingerprint density at radius 1 is 1.22 bits per heavy atom. The molecule has 0 aliphatic heterocycles. The number of aryl methyl sites for hydroxylation is 1. The van der Waals surface area contributed by atoms with E-state index in [1.165, 1.54) is 25.0 Å². The van der Waals surface area contributed by atoms with Crippen molar-refractivity contribution in [3.63, 3.8) is 0 Å². The van der Waals surface area contributed by atoms with E-state index in [4.69, 9.17) is 5.14 Å². The number of hydrogen-bond acceptors (Lipinski definition) is 3. The highest BCUT2D eigenvalue weighted by Gasteiger charge is 2.27. The molecule has 128 valence electrons. The molecule has 1 fully saturated rings. The van der Waals surface area contributed by atoms with Crippen molar-refractivity contribution in [2.75, 3.05) is 0 Å². The van der Waals surface area contributed by atoms with E-state index in [-0.39, 0.29) is 16.8 Å². The van der Waals surface area contributed by atoms with Crippen LogP contribution in [-0.2, 0) is 21.2 Å². The largest absolute Gasteiger partial charge is 0.353 e. The van der Waals surface area contributed by atoms with Gasteiger partial charge in [0, 0.05) is 12.5 Å². The topological polar surface area (TPSA) is 89.3 Å². The van der Waals surface area contributed by atoms with Crippen LogP contribution in [0.2, 0.25) is 0 Å². The second-order valence-electron chi connectivity index (χ2n) is 6.63. The van der Waals surface area contributed by atoms with Gasteiger partial charge in [0.05, 0.1) is 4.90 Å². The van der Waals surface area contributed by atoms with Crippen molar-refractivity contribution in [2.24, 2.45) is 17.0 Å². The third-order valence-corrected chi connectivity index (χ3v) is 5.88. The summed E-state index contributed by atoms with van der Waals surface area (Å²) in [6.45, 7) is 4.46. The van der Waals surface area contributed by atoms with Gasteiger partial charge in [-0.1, -0.05) is 38.8 Å². The van der Waals surface area contributed by atoms with E-state index < -0.39 is 10.0 Å². The quantitative estimate of drug-likeness (QED) is 0.862. The van der Waals surface area contributed by atoms with Gasteiger partial charge < -0.3 is 5.32 Å². The molecule has 2 rings (SSSR count). The molecule has 3 atom stereocenters. The molecule has 23 heavy (non-hydrogen) atoms. The summed E-state index contributed by atoms with van der Waals surface area (Å²) >= 11 is 0. The molecule has 1 amide bonds. The first kappa shape index (κ1) is 17.9. The minimum atomic E-state index is -3.66. The van der Waals surface area contributed by atoms with Crippen LogP contribution in [-0.4, -0.2) is 20.4 Å². The van der Waals surface area contributed by atoms with Crippen molar-refractivity contribution >= 4 is 15.9 Å². The van der Waals surface area contributed by atoms with Crippen molar-refractivity contribution in [1.82, 2.24) is 5.32 Å². The standard InChI is InChI=1S/C17H26N2O3S/c1-12-4-3-5-16(13(12)2)19-17(20)11-8-14-6-9-15(10-7-14)23(18,21)22/h6-7,9-10,12-13,16H,3-5,8,11H2,1-2H3,(H,19,20)(H2,18,21,22). The number of rotatable bonds is 5. The van der Waals surface area contributed by atoms with Crippen LogP contribution in [0.4, 0.5) is 0 Å². The fraction of sp³-hybridized carbons (Fsp3) is 0.588. The van der Waals surface area contributed by atoms with Gasteiger partial charge in [-0.05, 0) is 42.4 Å². The Kier molecular flexibility index (Phi) is 5.81. The van der Waals surface area contributed by atoms with Gasteiger partial charge in [0.15, 0.2) is 0 Å². The van der Waals surface area contributed by atoms with Crippen LogP contribution in [0.15, 0.2) is 29.2 Å². The van der Waals surface area contributed by atoms with Crippen LogP contribution in [0.25, 0.3) is 0 Å². The molecule has 1 saturated carbocycles. The van der Waals surface area contributed by atoms with Gasteiger partial charge in [0.2, 0.25) is 15.9 Å². The molecule has 0 aromatic heterocycles. The van der Waals surface area contributed by atoms with E-state index in [1.807, 2.05) is 0 Å². The minimum absolute atomic E-state index is 0.0615. The molecule has 0 radical (unpaired) electrons. The molecule has 0 bridgehead atoms. The van der Waals surface area contributed by atoms with Crippen molar-refractivity contribution in [3.05, 3.63) is 29.8 Å². The average Bonchev–Trinajstić information content (AvgIpc) is 2.49. The lowest BCUT2D eigenvalue weighted by atomic mass is 9.78. The normalized spacial score (nSPS) is 25.1. The number of carbonyl (C=O) groups excluding carboxylic acids is 1. The predicted molar refractivity (Wildman–Crippen MR) is 90.2 cm³/mol. The van der Waals surface area contributed by atoms with Gasteiger partial charge in [-0.2, -0.15) is 0 Å². The summed E-state index contributed by atoms with van der Waals surface area (Å²) < 4.78 is 22.4. The second-order valence-corrected chi connectivity index (χ2v) is 8.19. The molecular formula is C17H26N2O3S. The maximum Gasteiger partial charge on any atom is 0.238 e. The van der Waals surface area contributed by atoms with E-state index in [1.54, 1.807) is 12.1 Å². The summed E-state index contributed by atoms with van der Waals surface area (Å²) in [5.74, 6) is 1.23. The fourth-order valence-corrected chi connectivity index (χ4v) is 3.68. The van der Waals surface area contributed by atoms with Crippen molar-refractivity contribution in [2.45, 2.75) is 56.9 Å². The maximum absolute atomic E-state index is 12.1. The van der Waals surface area contributed by atoms with E-state index >= 15 is 0 Å². The van der Waals surface area contributed by atoms with Crippen LogP contribution in [0.5, 0.6) is 0 Å². The predicted octanol–water partition coefficient (Wildman–Crippen LogP) is 2.21. The van der Waals surface area contributed by atoms with Gasteiger partial charge in [0.25, 0.3) is 0 Å². The summed E-state index contributed by atoms with van der Waals surface area (Å²) in [5.41, 5.74) is 0.928. The number of nitrogens with two attached hydrogens (primary N) is 1. The molecule has 3 N–H and O–H groups in total. The van der Waals surface area contributed by atoms with Gasteiger partial charge in [-0.3, -0.25) is 4.79 Å². The van der Waals surface area contributed by atoms with Gasteiger partial charge in [0.1, 0.15) is 0 Å². The Balaban J connectivity index is 1.84. The zero-order valence-electron chi connectivity index (χ0n) is 13.8. The zero-order valence-corrected chi connectivity index (χ0v) is 14.6. The van der Waals surface area contributed by atoms with E-state index in [0.29, 0.717) is 24.7 Å². The first-order chi connectivity index (χ1) is 10.8. The highest BCUT2D eigenvalue weighted by atomic mass is 32.2. The molecule has 6 heteroatoms. The number of hydrogen-bond donors (Lipinski definition) is 2. The number of carbonyl (C=O) groups is 1. The van der Waals surface area contributed by atoms with E-state index in [0.717, 1.165) is 12.0 Å². The summed E-state index contributed by atoms with van der Waals surface area (Å²) in [6.07, 6.45) is 4.47. The fourth-order valence-electron chi connectivity index (χ4n) is 3.17. The Morgan fingerprint density at radius 3 is 2.48 bits per heavy atom. The summed E-state index contributed by atoms with van der Waals surface area (Å²) in [4.78, 5) is 12.2. The van der Waals surface area contributed by atoms with Crippen LogP contribution in [0.3, 0.4) is 0 Å². The molecule has 1 aliphatic carbocycles. The Labute approximate surface area is 138 Å². The smallest absolute Gasteiger partial charge is 0.238 e. The highest BCUT2D eigenvalue weighted by molar-refractivity contribution is 7.89. The number of amides is 1. The van der Waals surface area contributed by atoms with E-state index in [2.05, 4.69) is 19.2 Å². The lowest BCUT2D eigenvalue weighted by Gasteiger charge is -2.34. The lowest BCUT2D eigenvalue weighted by molar-refractivity contribution is -0.122. The number of primary sulfonamides is 1. The minimum Gasteiger partial charge on any atom is -0.353 e. The molecular weight excluding hydrogens is 312 g/mol. The Bertz CT molecular complexity index is 640. The first-order valence-electron chi connectivity index (χ1n) is 8.18. The SMILES string of the molecule is CC1CCCC(NC(=O)CCc2ccc(S(N)(=O)=O)cc2)C1C. The number of nitrogens with one attached hydrogen (secondary N) is 1. The average molecular weight is 338 g/mol. The molecule has 0 saturated heterocycles. The first-order valence-corrected chi connectivity index (χ1v) is 9.73. The van der Waals surface area contributed by atoms with Crippen LogP contribution < -0.4 is 10.5 Å². The molecule has 1 aliphatic rings. The molecule has 0 spiro atoms. The molecule has 5 nitrogen and oxygen atoms in total. The third-order valence-electron chi connectivity index (χ3n) is 4.95. The summed E-state index contributed by atoms with van der Waals surface area (Å²) in [7, 11) is -3.66. The number of sulfonamides is 1. The van der Waals surface area contributed by atoms with Gasteiger partial charge in [-0.15, -0.1) is 0 Å². The monoisotopic (exact) mass is 338 g/mol. The summed E-state index contributed by atoms with van der Waals surface area (Å²) in [5, 5.41) is 8.22. The summed E-state index contributed by atoms with van der Waals surface area (Å²) in [6, 6.07) is 6.65. The Hall–Kier alpha value is -1.40. The zero-order chi connectivity index (χ0) is 17.0. The molecule has 1 aromatic rings. The van der Waals surface area contributed by atoms with Crippen LogP contribution >= 0.6 is 0 Å². The highest BCUT2D eigenvalue weighted by Crippen LogP contribution is 2.29. The van der Waals surface area contributed by atoms with Crippen LogP contribution in [0.1, 0.15) is 45.1 Å². The van der Waals surface area contributed by atoms with Crippen molar-refractivity contribution in [3.8, 4) is 0 Å². The molecule has 1 aromatic carbocycles. The van der Waals surface area contributed by atoms with Gasteiger partial charge >= 0.3 is 0 Å². The van der Waals surface area contributed by atoms with Crippen molar-refractivity contribution < 1.29 is 13.2 Å². The van der Waals surface area contributed by atoms with E-state index in [9.17, 15) is 13.2 Å². The molecule has 0 heterocycles. The Morgan fingerprint density at radius 2 is 1.87 bits per heavy atom. The second kappa shape index (κ2) is 7.45. The number of benzene rings is 1. The maximum atomic E-state index is 12.1. The molecule has 3 unspecified atom stereocenters. The van der Waals surface area contributed by atoms with Gasteiger partial charge in [-0.25, -0.2) is 13.6 Å². The van der Waals surface area contributed by atoms with Crippen LogP contribution in [0, 0.1) is 11.8 Å².